The van der Waals surface area contributed by atoms with Crippen LogP contribution in [0.3, 0.4) is 0 Å². The van der Waals surface area contributed by atoms with Crippen LogP contribution in [0.2, 0.25) is 19.6 Å². The van der Waals surface area contributed by atoms with E-state index >= 15 is 0 Å². The number of hydrogen-bond acceptors (Lipinski definition) is 1. The molecule has 0 aliphatic heterocycles. The van der Waals surface area contributed by atoms with Crippen molar-refractivity contribution in [3.63, 3.8) is 0 Å². The highest BCUT2D eigenvalue weighted by Crippen LogP contribution is 2.21. The van der Waals surface area contributed by atoms with Gasteiger partial charge in [0, 0.05) is 10.8 Å². The lowest BCUT2D eigenvalue weighted by Gasteiger charge is -2.21. The topological polar surface area (TPSA) is 37.3 Å². The highest BCUT2D eigenvalue weighted by atomic mass is 28.3. The summed E-state index contributed by atoms with van der Waals surface area (Å²) in [5.74, 6) is -5.27. The van der Waals surface area contributed by atoms with E-state index < -0.39 is 47.8 Å². The summed E-state index contributed by atoms with van der Waals surface area (Å²) < 4.78 is 41.2. The molecule has 6 heteroatoms. The molecule has 0 aliphatic carbocycles. The quantitative estimate of drug-likeness (QED) is 0.657. The summed E-state index contributed by atoms with van der Waals surface area (Å²) >= 11 is 0. The molecule has 94 valence electrons. The van der Waals surface area contributed by atoms with Gasteiger partial charge in [-0.25, -0.2) is 18.0 Å². The van der Waals surface area contributed by atoms with Gasteiger partial charge < -0.3 is 5.11 Å². The van der Waals surface area contributed by atoms with E-state index in [0.717, 1.165) is 6.92 Å². The van der Waals surface area contributed by atoms with Gasteiger partial charge in [0.1, 0.15) is 11.4 Å². The van der Waals surface area contributed by atoms with Crippen LogP contribution in [0.5, 0.6) is 0 Å². The summed E-state index contributed by atoms with van der Waals surface area (Å²) in [5.41, 5.74) is -1.28. The molecule has 0 heterocycles. The van der Waals surface area contributed by atoms with E-state index in [1.807, 2.05) is 0 Å². The molecule has 0 aromatic heterocycles. The summed E-state index contributed by atoms with van der Waals surface area (Å²) in [5, 5.41) is 8.43. The number of carboxylic acids is 1. The van der Waals surface area contributed by atoms with Crippen molar-refractivity contribution in [2.24, 2.45) is 0 Å². The third-order valence-corrected chi connectivity index (χ3v) is 4.46. The van der Waals surface area contributed by atoms with E-state index in [2.05, 4.69) is 0 Å². The summed E-state index contributed by atoms with van der Waals surface area (Å²) in [4.78, 5) is 10.9. The Morgan fingerprint density at radius 3 is 1.88 bits per heavy atom. The molecular weight excluding hydrogens is 249 g/mol. The lowest BCUT2D eigenvalue weighted by Crippen LogP contribution is -2.44. The zero-order valence-corrected chi connectivity index (χ0v) is 11.0. The van der Waals surface area contributed by atoms with Crippen LogP contribution >= 0.6 is 0 Å². The Morgan fingerprint density at radius 2 is 1.53 bits per heavy atom. The third-order valence-electron chi connectivity index (χ3n) is 2.52. The Bertz CT molecular complexity index is 493. The molecule has 1 N–H and O–H groups in total. The highest BCUT2D eigenvalue weighted by Gasteiger charge is 2.33. The van der Waals surface area contributed by atoms with E-state index in [1.165, 1.54) is 0 Å². The minimum Gasteiger partial charge on any atom is -0.478 e. The molecule has 17 heavy (non-hydrogen) atoms. The van der Waals surface area contributed by atoms with Crippen molar-refractivity contribution in [2.45, 2.75) is 26.6 Å². The first kappa shape index (κ1) is 13.8. The lowest BCUT2D eigenvalue weighted by atomic mass is 10.1. The van der Waals surface area contributed by atoms with Crippen LogP contribution in [0.15, 0.2) is 0 Å². The number of aromatic carboxylic acids is 1. The Morgan fingerprint density at radius 1 is 1.06 bits per heavy atom. The normalized spacial score (nSPS) is 11.7. The largest absolute Gasteiger partial charge is 0.478 e. The number of rotatable bonds is 2. The van der Waals surface area contributed by atoms with Crippen LogP contribution in [-0.4, -0.2) is 19.1 Å². The average Bonchev–Trinajstić information content (AvgIpc) is 2.11. The van der Waals surface area contributed by atoms with Gasteiger partial charge in [0.25, 0.3) is 0 Å². The van der Waals surface area contributed by atoms with Crippen molar-refractivity contribution in [1.82, 2.24) is 0 Å². The van der Waals surface area contributed by atoms with Crippen LogP contribution < -0.4 is 5.19 Å². The van der Waals surface area contributed by atoms with E-state index in [9.17, 15) is 18.0 Å². The van der Waals surface area contributed by atoms with Gasteiger partial charge in [-0.3, -0.25) is 0 Å². The molecule has 0 spiro atoms. The van der Waals surface area contributed by atoms with Crippen LogP contribution in [-0.2, 0) is 0 Å². The molecular formula is C11H13F3O2Si. The van der Waals surface area contributed by atoms with Gasteiger partial charge in [-0.05, 0) is 6.92 Å². The van der Waals surface area contributed by atoms with Crippen molar-refractivity contribution < 1.29 is 23.1 Å². The fourth-order valence-corrected chi connectivity index (χ4v) is 3.23. The van der Waals surface area contributed by atoms with Gasteiger partial charge in [-0.2, -0.15) is 0 Å². The van der Waals surface area contributed by atoms with Gasteiger partial charge in [-0.15, -0.1) is 0 Å². The number of benzene rings is 1. The molecule has 0 amide bonds. The second-order valence-electron chi connectivity index (χ2n) is 4.87. The zero-order valence-electron chi connectivity index (χ0n) is 9.99. The first-order valence-corrected chi connectivity index (χ1v) is 8.49. The molecule has 0 fully saturated rings. The van der Waals surface area contributed by atoms with E-state index in [0.29, 0.717) is 0 Å². The van der Waals surface area contributed by atoms with Crippen molar-refractivity contribution in [1.29, 1.82) is 0 Å². The van der Waals surface area contributed by atoms with E-state index in [1.54, 1.807) is 19.6 Å². The Kier molecular flexibility index (Phi) is 3.38. The number of carbonyl (C=O) groups is 1. The number of halogens is 3. The monoisotopic (exact) mass is 262 g/mol. The molecule has 2 nitrogen and oxygen atoms in total. The van der Waals surface area contributed by atoms with E-state index in [-0.39, 0.29) is 0 Å². The first-order chi connectivity index (χ1) is 7.59. The van der Waals surface area contributed by atoms with E-state index in [4.69, 9.17) is 5.11 Å². The van der Waals surface area contributed by atoms with Crippen molar-refractivity contribution in [2.75, 3.05) is 0 Å². The maximum Gasteiger partial charge on any atom is 0.339 e. The van der Waals surface area contributed by atoms with Gasteiger partial charge in [0.15, 0.2) is 11.6 Å². The molecule has 0 saturated carbocycles. The minimum atomic E-state index is -2.51. The van der Waals surface area contributed by atoms with Crippen molar-refractivity contribution in [3.05, 3.63) is 28.6 Å². The molecule has 0 radical (unpaired) electrons. The number of carboxylic acid groups (broad SMARTS) is 1. The van der Waals surface area contributed by atoms with Crippen LogP contribution in [0.1, 0.15) is 15.9 Å². The lowest BCUT2D eigenvalue weighted by molar-refractivity contribution is 0.0690. The molecule has 1 rings (SSSR count). The minimum absolute atomic E-state index is 0.405. The second kappa shape index (κ2) is 4.18. The first-order valence-electron chi connectivity index (χ1n) is 4.99. The Hall–Kier alpha value is -1.30. The van der Waals surface area contributed by atoms with Gasteiger partial charge >= 0.3 is 5.97 Å². The molecule has 0 saturated heterocycles. The Balaban J connectivity index is 3.81. The van der Waals surface area contributed by atoms with Gasteiger partial charge in [0.2, 0.25) is 0 Å². The molecule has 0 unspecified atom stereocenters. The van der Waals surface area contributed by atoms with Gasteiger partial charge in [0.05, 0.1) is 8.07 Å². The third kappa shape index (κ3) is 2.22. The Labute approximate surface area is 98.1 Å². The van der Waals surface area contributed by atoms with Crippen molar-refractivity contribution >= 4 is 19.2 Å². The maximum absolute atomic E-state index is 14.0. The number of hydrogen-bond donors (Lipinski definition) is 1. The van der Waals surface area contributed by atoms with Crippen molar-refractivity contribution in [3.8, 4) is 0 Å². The summed E-state index contributed by atoms with van der Waals surface area (Å²) in [7, 11) is -2.51. The standard InChI is InChI=1S/C11H13F3O2Si/c1-5-6(11(15)16)8(13)10(17(2,3)4)9(14)7(5)12/h1-4H3,(H,15,16). The fourth-order valence-electron chi connectivity index (χ4n) is 1.68. The van der Waals surface area contributed by atoms with Crippen LogP contribution in [0.25, 0.3) is 0 Å². The van der Waals surface area contributed by atoms with Crippen LogP contribution in [0.4, 0.5) is 13.2 Å². The predicted octanol–water partition coefficient (Wildman–Crippen LogP) is 2.66. The molecule has 0 bridgehead atoms. The average molecular weight is 262 g/mol. The predicted molar refractivity (Wildman–Crippen MR) is 61.0 cm³/mol. The maximum atomic E-state index is 14.0. The van der Waals surface area contributed by atoms with Crippen LogP contribution in [0, 0.1) is 24.4 Å². The zero-order chi connectivity index (χ0) is 13.5. The highest BCUT2D eigenvalue weighted by molar-refractivity contribution is 6.88. The molecule has 1 aromatic carbocycles. The molecule has 0 atom stereocenters. The smallest absolute Gasteiger partial charge is 0.339 e. The SMILES string of the molecule is Cc1c(F)c(F)c([Si](C)(C)C)c(F)c1C(=O)O. The summed E-state index contributed by atoms with van der Waals surface area (Å²) in [6, 6.07) is 0. The molecule has 0 aliphatic rings. The summed E-state index contributed by atoms with van der Waals surface area (Å²) in [6.45, 7) is 5.91. The van der Waals surface area contributed by atoms with Gasteiger partial charge in [-0.1, -0.05) is 19.6 Å². The fraction of sp³-hybridized carbons (Fsp3) is 0.364. The molecule has 1 aromatic rings. The second-order valence-corrected chi connectivity index (χ2v) is 9.87. The summed E-state index contributed by atoms with van der Waals surface area (Å²) in [6.07, 6.45) is 0.